The molecule has 0 bridgehead atoms. The van der Waals surface area contributed by atoms with E-state index in [0.29, 0.717) is 0 Å². The van der Waals surface area contributed by atoms with Gasteiger partial charge in [0.25, 0.3) is 0 Å². The minimum atomic E-state index is 0.734. The van der Waals surface area contributed by atoms with Crippen molar-refractivity contribution in [1.29, 1.82) is 0 Å². The van der Waals surface area contributed by atoms with Gasteiger partial charge in [0.1, 0.15) is 0 Å². The molecule has 50 valence electrons. The maximum absolute atomic E-state index is 5.58. The molecule has 0 aromatic rings. The van der Waals surface area contributed by atoms with E-state index in [9.17, 15) is 0 Å². The Kier molecular flexibility index (Phi) is 5.48. The lowest BCUT2D eigenvalue weighted by Gasteiger charge is -1.96. The Morgan fingerprint density at radius 2 is 2.33 bits per heavy atom. The zero-order chi connectivity index (χ0) is 7.11. The van der Waals surface area contributed by atoms with Crippen molar-refractivity contribution < 1.29 is 0 Å². The summed E-state index contributed by atoms with van der Waals surface area (Å²) < 4.78 is 0. The van der Waals surface area contributed by atoms with Gasteiger partial charge in [-0.2, -0.15) is 0 Å². The van der Waals surface area contributed by atoms with E-state index in [0.717, 1.165) is 31.3 Å². The molecular weight excluding hydrogens is 109 g/mol. The van der Waals surface area contributed by atoms with E-state index in [1.54, 1.807) is 0 Å². The Bertz CT molecular complexity index is 88.9. The highest BCUT2D eigenvalue weighted by Crippen LogP contribution is 2.00. The maximum Gasteiger partial charge on any atom is 0.0653 e. The van der Waals surface area contributed by atoms with Crippen molar-refractivity contribution in [2.24, 2.45) is 5.73 Å². The predicted octanol–water partition coefficient (Wildman–Crippen LogP) is 1.61. The molecule has 0 saturated carbocycles. The van der Waals surface area contributed by atoms with Gasteiger partial charge in [0, 0.05) is 5.70 Å². The first kappa shape index (κ1) is 8.60. The van der Waals surface area contributed by atoms with Gasteiger partial charge in [0.15, 0.2) is 0 Å². The van der Waals surface area contributed by atoms with Crippen LogP contribution in [0.4, 0.5) is 0 Å². The van der Waals surface area contributed by atoms with Crippen LogP contribution in [0.15, 0.2) is 11.8 Å². The third-order valence-corrected chi connectivity index (χ3v) is 1.14. The summed E-state index contributed by atoms with van der Waals surface area (Å²) in [5, 5.41) is 0. The van der Waals surface area contributed by atoms with Gasteiger partial charge in [-0.1, -0.05) is 25.7 Å². The van der Waals surface area contributed by atoms with Crippen LogP contribution in [0, 0.1) is 0 Å². The second kappa shape index (κ2) is 5.74. The average molecular weight is 123 g/mol. The molecule has 2 heteroatoms. The number of hydrogen-bond acceptors (Lipinski definition) is 1. The Morgan fingerprint density at radius 1 is 1.67 bits per heavy atom. The predicted molar refractivity (Wildman–Crippen MR) is 42.4 cm³/mol. The monoisotopic (exact) mass is 123 g/mol. The van der Waals surface area contributed by atoms with Crippen molar-refractivity contribution in [3.63, 3.8) is 0 Å². The highest BCUT2D eigenvalue weighted by atomic mass is 14.6. The quantitative estimate of drug-likeness (QED) is 0.564. The smallest absolute Gasteiger partial charge is 0.0653 e. The molecule has 0 heterocycles. The lowest BCUT2D eigenvalue weighted by molar-refractivity contribution is 0.881. The molecule has 0 amide bonds. The van der Waals surface area contributed by atoms with Gasteiger partial charge in [0.2, 0.25) is 0 Å². The summed E-state index contributed by atoms with van der Waals surface area (Å²) in [6.45, 7) is 2.08. The largest absolute Gasteiger partial charge is 0.402 e. The van der Waals surface area contributed by atoms with E-state index in [4.69, 9.17) is 13.6 Å². The zero-order valence-electron chi connectivity index (χ0n) is 6.06. The minimum absolute atomic E-state index is 0.734. The van der Waals surface area contributed by atoms with Crippen LogP contribution >= 0.6 is 0 Å². The van der Waals surface area contributed by atoms with Gasteiger partial charge < -0.3 is 5.73 Å². The van der Waals surface area contributed by atoms with Crippen molar-refractivity contribution in [3.05, 3.63) is 11.8 Å². The Balaban J connectivity index is 3.25. The number of rotatable bonds is 4. The summed E-state index contributed by atoms with van der Waals surface area (Å²) in [7, 11) is 5.29. The van der Waals surface area contributed by atoms with Crippen LogP contribution in [-0.4, -0.2) is 7.85 Å². The third kappa shape index (κ3) is 5.48. The molecule has 0 aromatic heterocycles. The van der Waals surface area contributed by atoms with E-state index in [-0.39, 0.29) is 0 Å². The third-order valence-electron chi connectivity index (χ3n) is 1.14. The molecule has 9 heavy (non-hydrogen) atoms. The topological polar surface area (TPSA) is 26.0 Å². The average Bonchev–Trinajstić information content (AvgIpc) is 1.85. The summed E-state index contributed by atoms with van der Waals surface area (Å²) in [5.74, 6) is 0. The molecule has 0 saturated heterocycles. The molecule has 0 aliphatic rings. The van der Waals surface area contributed by atoms with Gasteiger partial charge in [0.05, 0.1) is 7.85 Å². The Labute approximate surface area is 58.7 Å². The van der Waals surface area contributed by atoms with E-state index in [1.807, 2.05) is 6.08 Å². The molecule has 1 nitrogen and oxygen atoms in total. The normalized spacial score (nSPS) is 11.9. The summed E-state index contributed by atoms with van der Waals surface area (Å²) >= 11 is 0. The highest BCUT2D eigenvalue weighted by Gasteiger charge is 1.86. The lowest BCUT2D eigenvalue weighted by atomic mass is 9.99. The van der Waals surface area contributed by atoms with Gasteiger partial charge in [-0.3, -0.25) is 0 Å². The summed E-state index contributed by atoms with van der Waals surface area (Å²) in [5.41, 5.74) is 6.55. The highest BCUT2D eigenvalue weighted by molar-refractivity contribution is 6.08. The molecule has 0 aliphatic heterocycles. The molecule has 0 atom stereocenters. The van der Waals surface area contributed by atoms with Crippen LogP contribution < -0.4 is 5.73 Å². The molecule has 0 spiro atoms. The molecule has 0 rings (SSSR count). The van der Waals surface area contributed by atoms with Gasteiger partial charge in [-0.15, -0.1) is 0 Å². The molecule has 2 N–H and O–H groups in total. The number of nitrogens with two attached hydrogens (primary N) is 1. The van der Waals surface area contributed by atoms with Crippen LogP contribution in [0.3, 0.4) is 0 Å². The SMILES string of the molecule is [B]CCC/C(N)=C\CC. The van der Waals surface area contributed by atoms with Crippen molar-refractivity contribution in [1.82, 2.24) is 0 Å². The Morgan fingerprint density at radius 3 is 2.78 bits per heavy atom. The molecular formula is C7H14BN. The second-order valence-electron chi connectivity index (χ2n) is 2.08. The van der Waals surface area contributed by atoms with E-state index in [2.05, 4.69) is 6.92 Å². The van der Waals surface area contributed by atoms with Crippen LogP contribution in [0.2, 0.25) is 6.32 Å². The van der Waals surface area contributed by atoms with Crippen LogP contribution in [0.5, 0.6) is 0 Å². The fourth-order valence-corrected chi connectivity index (χ4v) is 0.670. The first-order chi connectivity index (χ1) is 4.31. The van der Waals surface area contributed by atoms with Gasteiger partial charge >= 0.3 is 0 Å². The molecule has 2 radical (unpaired) electrons. The fraction of sp³-hybridized carbons (Fsp3) is 0.714. The van der Waals surface area contributed by atoms with Crippen LogP contribution in [0.1, 0.15) is 26.2 Å². The summed E-state index contributed by atoms with van der Waals surface area (Å²) in [4.78, 5) is 0. The first-order valence-electron chi connectivity index (χ1n) is 3.45. The van der Waals surface area contributed by atoms with Crippen molar-refractivity contribution in [2.75, 3.05) is 0 Å². The van der Waals surface area contributed by atoms with Crippen molar-refractivity contribution in [3.8, 4) is 0 Å². The fourth-order valence-electron chi connectivity index (χ4n) is 0.670. The standard InChI is InChI=1S/C7H14BN/c1-2-4-7(9)5-3-6-8/h4H,2-3,5-6,9H2,1H3/b7-4+. The number of allylic oxidation sites excluding steroid dienone is 2. The second-order valence-corrected chi connectivity index (χ2v) is 2.08. The van der Waals surface area contributed by atoms with Crippen molar-refractivity contribution >= 4 is 7.85 Å². The summed E-state index contributed by atoms with van der Waals surface area (Å²) in [6.07, 6.45) is 5.75. The van der Waals surface area contributed by atoms with E-state index in [1.165, 1.54) is 0 Å². The lowest BCUT2D eigenvalue weighted by Crippen LogP contribution is -1.95. The maximum atomic E-state index is 5.58. The zero-order valence-corrected chi connectivity index (χ0v) is 6.06. The summed E-state index contributed by atoms with van der Waals surface area (Å²) in [6, 6.07) is 0. The van der Waals surface area contributed by atoms with Crippen molar-refractivity contribution in [2.45, 2.75) is 32.5 Å². The molecule has 0 aliphatic carbocycles. The Hall–Kier alpha value is -0.395. The number of hydrogen-bond donors (Lipinski definition) is 1. The molecule has 0 fully saturated rings. The molecule has 0 aromatic carbocycles. The van der Waals surface area contributed by atoms with Crippen LogP contribution in [0.25, 0.3) is 0 Å². The van der Waals surface area contributed by atoms with Crippen LogP contribution in [-0.2, 0) is 0 Å². The molecule has 0 unspecified atom stereocenters. The van der Waals surface area contributed by atoms with Gasteiger partial charge in [-0.25, -0.2) is 0 Å². The first-order valence-corrected chi connectivity index (χ1v) is 3.45. The van der Waals surface area contributed by atoms with E-state index >= 15 is 0 Å². The minimum Gasteiger partial charge on any atom is -0.402 e. The van der Waals surface area contributed by atoms with Gasteiger partial charge in [-0.05, 0) is 12.8 Å². The van der Waals surface area contributed by atoms with E-state index < -0.39 is 0 Å².